The maximum Gasteiger partial charge on any atom is 0.335 e. The van der Waals surface area contributed by atoms with Crippen LogP contribution < -0.4 is 9.64 Å². The smallest absolute Gasteiger partial charge is 0.335 e. The number of benzene rings is 2. The summed E-state index contributed by atoms with van der Waals surface area (Å²) in [5.74, 6) is -0.348. The molecule has 3 rings (SSSR count). The first kappa shape index (κ1) is 21.8. The molecule has 0 saturated carbocycles. The van der Waals surface area contributed by atoms with Gasteiger partial charge in [0.2, 0.25) is 5.91 Å². The first-order valence-electron chi connectivity index (χ1n) is 10.6. The SMILES string of the molecule is CCCCC[C@H](O)c1ccc(N2C(=O)CC[C@@H]2COc2ccc(C(=O)O)cc2)cc1. The highest BCUT2D eigenvalue weighted by atomic mass is 16.5. The summed E-state index contributed by atoms with van der Waals surface area (Å²) in [6.45, 7) is 2.47. The summed E-state index contributed by atoms with van der Waals surface area (Å²) < 4.78 is 5.81. The lowest BCUT2D eigenvalue weighted by atomic mass is 10.0. The van der Waals surface area contributed by atoms with Crippen molar-refractivity contribution in [2.24, 2.45) is 0 Å². The van der Waals surface area contributed by atoms with Crippen molar-refractivity contribution in [1.29, 1.82) is 0 Å². The Morgan fingerprint density at radius 2 is 1.83 bits per heavy atom. The first-order valence-corrected chi connectivity index (χ1v) is 10.6. The molecule has 0 aliphatic carbocycles. The Bertz CT molecular complexity index is 847. The number of carbonyl (C=O) groups excluding carboxylic acids is 1. The number of nitrogens with zero attached hydrogens (tertiary/aromatic N) is 1. The quantitative estimate of drug-likeness (QED) is 0.559. The zero-order chi connectivity index (χ0) is 21.5. The molecule has 1 fully saturated rings. The third-order valence-corrected chi connectivity index (χ3v) is 5.51. The number of hydrogen-bond donors (Lipinski definition) is 2. The van der Waals surface area contributed by atoms with Crippen LogP contribution in [0.2, 0.25) is 0 Å². The average molecular weight is 411 g/mol. The first-order chi connectivity index (χ1) is 14.5. The van der Waals surface area contributed by atoms with Crippen LogP contribution in [0.1, 0.15) is 67.5 Å². The second-order valence-corrected chi connectivity index (χ2v) is 7.70. The van der Waals surface area contributed by atoms with Crippen molar-refractivity contribution >= 4 is 17.6 Å². The third kappa shape index (κ3) is 5.39. The van der Waals surface area contributed by atoms with Gasteiger partial charge in [-0.3, -0.25) is 4.79 Å². The van der Waals surface area contributed by atoms with Gasteiger partial charge in [0.1, 0.15) is 12.4 Å². The van der Waals surface area contributed by atoms with Gasteiger partial charge in [-0.1, -0.05) is 38.3 Å². The molecule has 0 unspecified atom stereocenters. The molecule has 2 N–H and O–H groups in total. The minimum atomic E-state index is -0.979. The molecule has 2 aromatic rings. The third-order valence-electron chi connectivity index (χ3n) is 5.51. The monoisotopic (exact) mass is 411 g/mol. The minimum absolute atomic E-state index is 0.0565. The molecule has 1 amide bonds. The number of aliphatic hydroxyl groups excluding tert-OH is 1. The van der Waals surface area contributed by atoms with Gasteiger partial charge in [0.05, 0.1) is 17.7 Å². The number of carboxylic acids is 1. The van der Waals surface area contributed by atoms with Crippen LogP contribution in [0.5, 0.6) is 5.75 Å². The van der Waals surface area contributed by atoms with Crippen LogP contribution in [0.15, 0.2) is 48.5 Å². The summed E-state index contributed by atoms with van der Waals surface area (Å²) in [6, 6.07) is 13.7. The molecule has 6 heteroatoms. The zero-order valence-corrected chi connectivity index (χ0v) is 17.3. The van der Waals surface area contributed by atoms with Gasteiger partial charge in [-0.05, 0) is 54.8 Å². The highest BCUT2D eigenvalue weighted by molar-refractivity contribution is 5.96. The standard InChI is InChI=1S/C24H29NO5/c1-2-3-4-5-22(26)17-6-10-19(11-7-17)25-20(12-15-23(25)27)16-30-21-13-8-18(9-14-21)24(28)29/h6-11,13-14,20,22,26H,2-5,12,15-16H2,1H3,(H,28,29)/t20-,22+/m1/s1. The topological polar surface area (TPSA) is 87.1 Å². The molecule has 1 aliphatic heterocycles. The van der Waals surface area contributed by atoms with E-state index in [9.17, 15) is 14.7 Å². The van der Waals surface area contributed by atoms with Gasteiger partial charge in [-0.15, -0.1) is 0 Å². The number of carboxylic acid groups (broad SMARTS) is 1. The van der Waals surface area contributed by atoms with Gasteiger partial charge in [-0.2, -0.15) is 0 Å². The van der Waals surface area contributed by atoms with E-state index in [1.54, 1.807) is 17.0 Å². The molecule has 0 spiro atoms. The van der Waals surface area contributed by atoms with Gasteiger partial charge in [0, 0.05) is 12.1 Å². The lowest BCUT2D eigenvalue weighted by Gasteiger charge is -2.25. The van der Waals surface area contributed by atoms with Crippen LogP contribution in [-0.4, -0.2) is 34.7 Å². The predicted octanol–water partition coefficient (Wildman–Crippen LogP) is 4.57. The van der Waals surface area contributed by atoms with Crippen molar-refractivity contribution in [3.8, 4) is 5.75 Å². The van der Waals surface area contributed by atoms with Crippen molar-refractivity contribution in [2.75, 3.05) is 11.5 Å². The highest BCUT2D eigenvalue weighted by Gasteiger charge is 2.32. The van der Waals surface area contributed by atoms with Gasteiger partial charge in [0.25, 0.3) is 0 Å². The Morgan fingerprint density at radius 3 is 2.47 bits per heavy atom. The maximum absolute atomic E-state index is 12.5. The minimum Gasteiger partial charge on any atom is -0.491 e. The molecule has 1 saturated heterocycles. The molecule has 2 atom stereocenters. The summed E-state index contributed by atoms with van der Waals surface area (Å²) >= 11 is 0. The van der Waals surface area contributed by atoms with E-state index >= 15 is 0 Å². The normalized spacial score (nSPS) is 17.2. The number of aromatic carboxylic acids is 1. The molecule has 1 aliphatic rings. The molecule has 160 valence electrons. The van der Waals surface area contributed by atoms with Gasteiger partial charge >= 0.3 is 5.97 Å². The highest BCUT2D eigenvalue weighted by Crippen LogP contribution is 2.29. The van der Waals surface area contributed by atoms with Crippen LogP contribution in [0, 0.1) is 0 Å². The molecular weight excluding hydrogens is 382 g/mol. The number of aliphatic hydroxyl groups is 1. The Hall–Kier alpha value is -2.86. The van der Waals surface area contributed by atoms with Gasteiger partial charge in [0.15, 0.2) is 0 Å². The number of amides is 1. The van der Waals surface area contributed by atoms with Crippen LogP contribution in [0.3, 0.4) is 0 Å². The summed E-state index contributed by atoms with van der Waals surface area (Å²) in [4.78, 5) is 25.2. The number of anilines is 1. The molecule has 0 aromatic heterocycles. The summed E-state index contributed by atoms with van der Waals surface area (Å²) in [5.41, 5.74) is 1.88. The Kier molecular flexibility index (Phi) is 7.46. The molecule has 1 heterocycles. The maximum atomic E-state index is 12.5. The lowest BCUT2D eigenvalue weighted by molar-refractivity contribution is -0.117. The van der Waals surface area contributed by atoms with Gasteiger partial charge in [-0.25, -0.2) is 4.79 Å². The van der Waals surface area contributed by atoms with E-state index in [0.717, 1.165) is 36.9 Å². The summed E-state index contributed by atoms with van der Waals surface area (Å²) in [6.07, 6.45) is 4.66. The fourth-order valence-electron chi connectivity index (χ4n) is 3.75. The average Bonchev–Trinajstić information content (AvgIpc) is 3.13. The van der Waals surface area contributed by atoms with Crippen LogP contribution in [-0.2, 0) is 4.79 Å². The van der Waals surface area contributed by atoms with Crippen molar-refractivity contribution in [3.05, 3.63) is 59.7 Å². The number of carbonyl (C=O) groups is 2. The molecule has 2 aromatic carbocycles. The van der Waals surface area contributed by atoms with Crippen molar-refractivity contribution in [2.45, 2.75) is 57.6 Å². The van der Waals surface area contributed by atoms with E-state index in [4.69, 9.17) is 9.84 Å². The Balaban J connectivity index is 1.62. The number of ether oxygens (including phenoxy) is 1. The van der Waals surface area contributed by atoms with Crippen molar-refractivity contribution in [3.63, 3.8) is 0 Å². The number of hydrogen-bond acceptors (Lipinski definition) is 4. The van der Waals surface area contributed by atoms with E-state index in [2.05, 4.69) is 6.92 Å². The second kappa shape index (κ2) is 10.3. The van der Waals surface area contributed by atoms with E-state index in [0.29, 0.717) is 25.2 Å². The van der Waals surface area contributed by atoms with E-state index in [1.165, 1.54) is 12.1 Å². The predicted molar refractivity (Wildman–Crippen MR) is 115 cm³/mol. The zero-order valence-electron chi connectivity index (χ0n) is 17.3. The van der Waals surface area contributed by atoms with Gasteiger partial charge < -0.3 is 19.8 Å². The van der Waals surface area contributed by atoms with Crippen LogP contribution in [0.25, 0.3) is 0 Å². The molecule has 0 radical (unpaired) electrons. The molecule has 6 nitrogen and oxygen atoms in total. The van der Waals surface area contributed by atoms with Crippen LogP contribution >= 0.6 is 0 Å². The fraction of sp³-hybridized carbons (Fsp3) is 0.417. The molecule has 0 bridgehead atoms. The summed E-state index contributed by atoms with van der Waals surface area (Å²) in [5, 5.41) is 19.3. The Labute approximate surface area is 177 Å². The lowest BCUT2D eigenvalue weighted by Crippen LogP contribution is -2.37. The Morgan fingerprint density at radius 1 is 1.13 bits per heavy atom. The van der Waals surface area contributed by atoms with E-state index in [-0.39, 0.29) is 17.5 Å². The van der Waals surface area contributed by atoms with E-state index in [1.807, 2.05) is 24.3 Å². The fourth-order valence-corrected chi connectivity index (χ4v) is 3.75. The van der Waals surface area contributed by atoms with Crippen molar-refractivity contribution in [1.82, 2.24) is 0 Å². The van der Waals surface area contributed by atoms with Crippen LogP contribution in [0.4, 0.5) is 5.69 Å². The second-order valence-electron chi connectivity index (χ2n) is 7.70. The largest absolute Gasteiger partial charge is 0.491 e. The number of unbranched alkanes of at least 4 members (excludes halogenated alkanes) is 2. The molecular formula is C24H29NO5. The van der Waals surface area contributed by atoms with E-state index < -0.39 is 12.1 Å². The molecule has 30 heavy (non-hydrogen) atoms. The summed E-state index contributed by atoms with van der Waals surface area (Å²) in [7, 11) is 0. The number of rotatable bonds is 10. The van der Waals surface area contributed by atoms with Crippen molar-refractivity contribution < 1.29 is 24.5 Å².